The molecule has 4 nitrogen and oxygen atoms in total. The van der Waals surface area contributed by atoms with E-state index in [9.17, 15) is 4.79 Å². The Balaban J connectivity index is 1.66. The quantitative estimate of drug-likeness (QED) is 0.805. The van der Waals surface area contributed by atoms with Crippen LogP contribution in [0.1, 0.15) is 36.3 Å². The van der Waals surface area contributed by atoms with E-state index in [1.54, 1.807) is 0 Å². The molecule has 0 radical (unpaired) electrons. The fraction of sp³-hybridized carbons (Fsp3) is 0.714. The van der Waals surface area contributed by atoms with E-state index in [-0.39, 0.29) is 5.91 Å². The van der Waals surface area contributed by atoms with Gasteiger partial charge in [-0.05, 0) is 38.5 Å². The third-order valence-electron chi connectivity index (χ3n) is 4.59. The lowest BCUT2D eigenvalue weighted by Crippen LogP contribution is -2.31. The molecule has 1 amide bonds. The summed E-state index contributed by atoms with van der Waals surface area (Å²) in [6.07, 6.45) is 4.40. The first kappa shape index (κ1) is 11.8. The van der Waals surface area contributed by atoms with Gasteiger partial charge >= 0.3 is 0 Å². The van der Waals surface area contributed by atoms with Crippen molar-refractivity contribution in [2.24, 2.45) is 11.8 Å². The van der Waals surface area contributed by atoms with Gasteiger partial charge in [-0.2, -0.15) is 0 Å². The van der Waals surface area contributed by atoms with E-state index < -0.39 is 0 Å². The summed E-state index contributed by atoms with van der Waals surface area (Å²) < 4.78 is 5.11. The van der Waals surface area contributed by atoms with Crippen molar-refractivity contribution in [3.63, 3.8) is 0 Å². The number of nitrogens with zero attached hydrogens (tertiary/aromatic N) is 2. The third-order valence-corrected chi connectivity index (χ3v) is 4.59. The second-order valence-corrected chi connectivity index (χ2v) is 5.73. The first-order valence-electron chi connectivity index (χ1n) is 6.84. The van der Waals surface area contributed by atoms with Crippen molar-refractivity contribution in [1.82, 2.24) is 10.1 Å². The van der Waals surface area contributed by atoms with Gasteiger partial charge in [0.15, 0.2) is 0 Å². The van der Waals surface area contributed by atoms with E-state index in [1.165, 1.54) is 19.3 Å². The molecule has 1 aliphatic carbocycles. The maximum absolute atomic E-state index is 12.3. The maximum Gasteiger partial charge on any atom is 0.227 e. The van der Waals surface area contributed by atoms with Gasteiger partial charge in [-0.15, -0.1) is 0 Å². The molecule has 1 aromatic rings. The van der Waals surface area contributed by atoms with Crippen molar-refractivity contribution in [3.05, 3.63) is 17.0 Å². The molecule has 0 aromatic carbocycles. The lowest BCUT2D eigenvalue weighted by molar-refractivity contribution is -0.129. The van der Waals surface area contributed by atoms with Crippen molar-refractivity contribution >= 4 is 5.91 Å². The van der Waals surface area contributed by atoms with Gasteiger partial charge in [0.05, 0.1) is 12.1 Å². The van der Waals surface area contributed by atoms with Crippen LogP contribution >= 0.6 is 0 Å². The van der Waals surface area contributed by atoms with Crippen LogP contribution in [-0.2, 0) is 11.2 Å². The van der Waals surface area contributed by atoms with E-state index in [0.29, 0.717) is 6.42 Å². The number of hydrogen-bond donors (Lipinski definition) is 0. The smallest absolute Gasteiger partial charge is 0.227 e. The van der Waals surface area contributed by atoms with Crippen LogP contribution in [0.5, 0.6) is 0 Å². The van der Waals surface area contributed by atoms with E-state index >= 15 is 0 Å². The minimum atomic E-state index is 0.235. The maximum atomic E-state index is 12.3. The number of likely N-dealkylation sites (tertiary alicyclic amines) is 1. The molecule has 1 saturated carbocycles. The second-order valence-electron chi connectivity index (χ2n) is 5.73. The standard InChI is InChI=1S/C14H20N2O2/c1-9-13(10(2)18-15-9)6-14(17)16-7-11-4-3-5-12(11)8-16/h11-12H,3-8H2,1-2H3. The van der Waals surface area contributed by atoms with Crippen molar-refractivity contribution in [1.29, 1.82) is 0 Å². The Bertz CT molecular complexity index is 435. The molecule has 1 aromatic heterocycles. The number of rotatable bonds is 2. The number of carbonyl (C=O) groups excluding carboxylic acids is 1. The highest BCUT2D eigenvalue weighted by Crippen LogP contribution is 2.37. The van der Waals surface area contributed by atoms with Crippen molar-refractivity contribution in [3.8, 4) is 0 Å². The van der Waals surface area contributed by atoms with Crippen LogP contribution < -0.4 is 0 Å². The summed E-state index contributed by atoms with van der Waals surface area (Å²) >= 11 is 0. The Hall–Kier alpha value is -1.32. The van der Waals surface area contributed by atoms with Gasteiger partial charge in [-0.25, -0.2) is 0 Å². The summed E-state index contributed by atoms with van der Waals surface area (Å²) in [6, 6.07) is 0. The van der Waals surface area contributed by atoms with Crippen molar-refractivity contribution in [2.75, 3.05) is 13.1 Å². The summed E-state index contributed by atoms with van der Waals surface area (Å²) in [5.74, 6) is 2.54. The van der Waals surface area contributed by atoms with Gasteiger partial charge in [0, 0.05) is 18.7 Å². The van der Waals surface area contributed by atoms with E-state index in [1.807, 2.05) is 18.7 Å². The molecule has 98 valence electrons. The molecule has 2 aliphatic rings. The highest BCUT2D eigenvalue weighted by molar-refractivity contribution is 5.79. The minimum absolute atomic E-state index is 0.235. The Morgan fingerprint density at radius 1 is 1.33 bits per heavy atom. The molecule has 2 unspecified atom stereocenters. The van der Waals surface area contributed by atoms with E-state index in [4.69, 9.17) is 4.52 Å². The zero-order valence-corrected chi connectivity index (χ0v) is 11.1. The van der Waals surface area contributed by atoms with Gasteiger partial charge in [0.2, 0.25) is 5.91 Å². The van der Waals surface area contributed by atoms with Crippen LogP contribution in [0.2, 0.25) is 0 Å². The zero-order chi connectivity index (χ0) is 12.7. The summed E-state index contributed by atoms with van der Waals surface area (Å²) in [7, 11) is 0. The van der Waals surface area contributed by atoms with Gasteiger partial charge in [0.25, 0.3) is 0 Å². The molecule has 0 bridgehead atoms. The summed E-state index contributed by atoms with van der Waals surface area (Å²) in [4.78, 5) is 14.3. The summed E-state index contributed by atoms with van der Waals surface area (Å²) in [5, 5.41) is 3.91. The molecule has 1 aliphatic heterocycles. The summed E-state index contributed by atoms with van der Waals surface area (Å²) in [5.41, 5.74) is 1.82. The molecule has 18 heavy (non-hydrogen) atoms. The first-order valence-corrected chi connectivity index (χ1v) is 6.84. The normalized spacial score (nSPS) is 26.7. The third kappa shape index (κ3) is 1.93. The predicted octanol–water partition coefficient (Wildman–Crippen LogP) is 2.09. The topological polar surface area (TPSA) is 46.3 Å². The van der Waals surface area contributed by atoms with Crippen LogP contribution in [0, 0.1) is 25.7 Å². The average molecular weight is 248 g/mol. The van der Waals surface area contributed by atoms with Crippen LogP contribution in [0.15, 0.2) is 4.52 Å². The minimum Gasteiger partial charge on any atom is -0.361 e. The van der Waals surface area contributed by atoms with Crippen LogP contribution in [0.4, 0.5) is 0 Å². The van der Waals surface area contributed by atoms with Crippen LogP contribution in [0.3, 0.4) is 0 Å². The summed E-state index contributed by atoms with van der Waals surface area (Å²) in [6.45, 7) is 5.71. The van der Waals surface area contributed by atoms with E-state index in [0.717, 1.165) is 41.9 Å². The zero-order valence-electron chi connectivity index (χ0n) is 11.1. The molecule has 1 saturated heterocycles. The lowest BCUT2D eigenvalue weighted by atomic mass is 10.0. The fourth-order valence-corrected chi connectivity index (χ4v) is 3.46. The number of hydrogen-bond acceptors (Lipinski definition) is 3. The van der Waals surface area contributed by atoms with Crippen molar-refractivity contribution in [2.45, 2.75) is 39.5 Å². The Morgan fingerprint density at radius 2 is 2.00 bits per heavy atom. The van der Waals surface area contributed by atoms with Gasteiger partial charge in [-0.3, -0.25) is 4.79 Å². The molecule has 0 spiro atoms. The monoisotopic (exact) mass is 248 g/mol. The van der Waals surface area contributed by atoms with E-state index in [2.05, 4.69) is 5.16 Å². The molecular formula is C14H20N2O2. The average Bonchev–Trinajstić information content (AvgIpc) is 2.98. The van der Waals surface area contributed by atoms with Crippen LogP contribution in [0.25, 0.3) is 0 Å². The molecular weight excluding hydrogens is 228 g/mol. The molecule has 2 fully saturated rings. The van der Waals surface area contributed by atoms with Gasteiger partial charge in [-0.1, -0.05) is 11.6 Å². The Kier molecular flexibility index (Phi) is 2.88. The van der Waals surface area contributed by atoms with Gasteiger partial charge < -0.3 is 9.42 Å². The molecule has 3 rings (SSSR count). The number of fused-ring (bicyclic) bond motifs is 1. The van der Waals surface area contributed by atoms with Crippen LogP contribution in [-0.4, -0.2) is 29.1 Å². The fourth-order valence-electron chi connectivity index (χ4n) is 3.46. The SMILES string of the molecule is Cc1noc(C)c1CC(=O)N1CC2CCCC2C1. The molecule has 2 atom stereocenters. The van der Waals surface area contributed by atoms with Gasteiger partial charge in [0.1, 0.15) is 5.76 Å². The Morgan fingerprint density at radius 3 is 2.56 bits per heavy atom. The lowest BCUT2D eigenvalue weighted by Gasteiger charge is -2.17. The highest BCUT2D eigenvalue weighted by atomic mass is 16.5. The number of aromatic nitrogens is 1. The highest BCUT2D eigenvalue weighted by Gasteiger charge is 2.38. The molecule has 2 heterocycles. The van der Waals surface area contributed by atoms with Crippen molar-refractivity contribution < 1.29 is 9.32 Å². The largest absolute Gasteiger partial charge is 0.361 e. The number of aryl methyl sites for hydroxylation is 2. The molecule has 4 heteroatoms. The first-order chi connectivity index (χ1) is 8.65. The molecule has 0 N–H and O–H groups in total. The number of amides is 1. The predicted molar refractivity (Wildman–Crippen MR) is 67.1 cm³/mol. The second kappa shape index (κ2) is 4.41. The Labute approximate surface area is 107 Å². The number of carbonyl (C=O) groups is 1.